The molecule has 7 nitrogen and oxygen atoms in total. The molecular weight excluding hydrogens is 329 g/mol. The third-order valence-corrected chi connectivity index (χ3v) is 4.15. The van der Waals surface area contributed by atoms with Gasteiger partial charge in [-0.1, -0.05) is 24.0 Å². The molecule has 0 aliphatic carbocycles. The normalized spacial score (nSPS) is 11.6. The minimum atomic E-state index is -0.638. The summed E-state index contributed by atoms with van der Waals surface area (Å²) >= 11 is 0. The first-order chi connectivity index (χ1) is 12.4. The average Bonchev–Trinajstić information content (AvgIpc) is 3.00. The molecule has 0 bridgehead atoms. The number of pyridine rings is 1. The van der Waals surface area contributed by atoms with Crippen molar-refractivity contribution in [1.29, 1.82) is 0 Å². The summed E-state index contributed by atoms with van der Waals surface area (Å²) in [5, 5.41) is 7.98. The summed E-state index contributed by atoms with van der Waals surface area (Å²) in [6.07, 6.45) is 3.48. The van der Waals surface area contributed by atoms with Gasteiger partial charge in [-0.25, -0.2) is 4.79 Å². The highest BCUT2D eigenvalue weighted by atomic mass is 16.2. The number of nitrogens with zero attached hydrogens (tertiary/aromatic N) is 3. The Morgan fingerprint density at radius 2 is 2.15 bits per heavy atom. The topological polar surface area (TPSA) is 94.9 Å². The number of urea groups is 1. The lowest BCUT2D eigenvalue weighted by Crippen LogP contribution is -2.35. The molecule has 0 fully saturated rings. The van der Waals surface area contributed by atoms with E-state index in [0.717, 1.165) is 10.9 Å². The van der Waals surface area contributed by atoms with Crippen LogP contribution in [0.1, 0.15) is 29.8 Å². The Balaban J connectivity index is 2.14. The number of rotatable bonds is 2. The smallest absolute Gasteiger partial charge is 0.312 e. The van der Waals surface area contributed by atoms with Crippen molar-refractivity contribution in [3.05, 3.63) is 63.8 Å². The molecule has 2 amide bonds. The molecular formula is C18H18BN5O2. The molecule has 26 heavy (non-hydrogen) atoms. The second-order valence-corrected chi connectivity index (χ2v) is 6.09. The molecule has 1 atom stereocenters. The van der Waals surface area contributed by atoms with Gasteiger partial charge < -0.3 is 15.5 Å². The number of amides is 2. The Hall–Kier alpha value is -3.47. The zero-order chi connectivity index (χ0) is 18.8. The maximum absolute atomic E-state index is 12.9. The van der Waals surface area contributed by atoms with Crippen LogP contribution in [0.4, 0.5) is 4.79 Å². The average molecular weight is 347 g/mol. The molecule has 130 valence electrons. The van der Waals surface area contributed by atoms with Crippen LogP contribution in [0.25, 0.3) is 10.8 Å². The summed E-state index contributed by atoms with van der Waals surface area (Å²) in [5.41, 5.74) is 7.10. The molecule has 0 unspecified atom stereocenters. The number of aromatic nitrogens is 3. The van der Waals surface area contributed by atoms with Gasteiger partial charge in [0.2, 0.25) is 13.5 Å². The zero-order valence-electron chi connectivity index (χ0n) is 14.8. The van der Waals surface area contributed by atoms with Gasteiger partial charge >= 0.3 is 6.03 Å². The quantitative estimate of drug-likeness (QED) is 0.514. The van der Waals surface area contributed by atoms with Crippen LogP contribution in [0, 0.1) is 11.8 Å². The summed E-state index contributed by atoms with van der Waals surface area (Å²) in [4.78, 5) is 24.0. The van der Waals surface area contributed by atoms with Crippen molar-refractivity contribution >= 4 is 24.8 Å². The fraction of sp³-hybridized carbons (Fsp3) is 0.167. The molecule has 3 N–H and O–H groups in total. The summed E-state index contributed by atoms with van der Waals surface area (Å²) < 4.78 is 3.18. The number of primary amides is 1. The highest BCUT2D eigenvalue weighted by molar-refractivity contribution is 6.08. The second kappa shape index (κ2) is 6.80. The summed E-state index contributed by atoms with van der Waals surface area (Å²) in [6.45, 7) is 1.78. The number of benzene rings is 1. The Kier molecular flexibility index (Phi) is 4.54. The van der Waals surface area contributed by atoms with E-state index in [9.17, 15) is 9.59 Å². The van der Waals surface area contributed by atoms with Crippen molar-refractivity contribution in [1.82, 2.24) is 19.6 Å². The van der Waals surface area contributed by atoms with Gasteiger partial charge in [0.1, 0.15) is 0 Å². The van der Waals surface area contributed by atoms with Crippen LogP contribution in [0.15, 0.2) is 41.5 Å². The van der Waals surface area contributed by atoms with Crippen LogP contribution in [0.2, 0.25) is 0 Å². The van der Waals surface area contributed by atoms with E-state index in [-0.39, 0.29) is 11.6 Å². The van der Waals surface area contributed by atoms with E-state index in [1.54, 1.807) is 25.8 Å². The summed E-state index contributed by atoms with van der Waals surface area (Å²) in [7, 11) is 3.49. The Labute approximate surface area is 151 Å². The van der Waals surface area contributed by atoms with Gasteiger partial charge in [-0.2, -0.15) is 5.10 Å². The highest BCUT2D eigenvalue weighted by Crippen LogP contribution is 2.19. The summed E-state index contributed by atoms with van der Waals surface area (Å²) in [6, 6.07) is 6.36. The first-order valence-corrected chi connectivity index (χ1v) is 8.06. The Morgan fingerprint density at radius 1 is 1.38 bits per heavy atom. The van der Waals surface area contributed by atoms with E-state index in [4.69, 9.17) is 5.73 Å². The van der Waals surface area contributed by atoms with Crippen LogP contribution in [0.5, 0.6) is 0 Å². The van der Waals surface area contributed by atoms with E-state index in [0.29, 0.717) is 16.6 Å². The van der Waals surface area contributed by atoms with Crippen molar-refractivity contribution in [2.45, 2.75) is 13.0 Å². The molecule has 0 aliphatic rings. The molecule has 0 aliphatic heterocycles. The van der Waals surface area contributed by atoms with Crippen molar-refractivity contribution < 1.29 is 4.79 Å². The van der Waals surface area contributed by atoms with Crippen LogP contribution < -0.4 is 16.6 Å². The van der Waals surface area contributed by atoms with Gasteiger partial charge in [0.25, 0.3) is 0 Å². The standard InChI is InChI=1S/C18H18BN5O2/c1-11(22-18(20)26)15-8-14-5-3-4-13(16(14)17(25)24(15)19)7-6-12-9-21-23(2)10-12/h3-5,8-11H,19H2,1-2H3,(H3,20,22,26)/t11-/m0/s1. The number of nitrogens with one attached hydrogen (secondary N) is 1. The fourth-order valence-electron chi connectivity index (χ4n) is 2.90. The number of nitrogens with two attached hydrogens (primary N) is 1. The zero-order valence-corrected chi connectivity index (χ0v) is 14.8. The molecule has 3 rings (SSSR count). The molecule has 0 radical (unpaired) electrons. The third kappa shape index (κ3) is 3.33. The Morgan fingerprint density at radius 3 is 2.81 bits per heavy atom. The molecule has 1 aromatic carbocycles. The number of carbonyl (C=O) groups excluding carboxylic acids is 1. The van der Waals surface area contributed by atoms with Crippen LogP contribution in [0.3, 0.4) is 0 Å². The predicted molar refractivity (Wildman–Crippen MR) is 102 cm³/mol. The SMILES string of the molecule is Bn1c([C@H](C)NC(N)=O)cc2cccc(C#Cc3cnn(C)c3)c2c1=O. The first-order valence-electron chi connectivity index (χ1n) is 8.06. The van der Waals surface area contributed by atoms with Crippen LogP contribution in [-0.4, -0.2) is 28.3 Å². The molecule has 0 saturated heterocycles. The molecule has 2 aromatic heterocycles. The predicted octanol–water partition coefficient (Wildman–Crippen LogP) is 0.260. The molecule has 0 spiro atoms. The molecule has 8 heteroatoms. The lowest BCUT2D eigenvalue weighted by Gasteiger charge is -2.18. The monoisotopic (exact) mass is 347 g/mol. The summed E-state index contributed by atoms with van der Waals surface area (Å²) in [5.74, 6) is 6.09. The maximum Gasteiger partial charge on any atom is 0.312 e. The van der Waals surface area contributed by atoms with E-state index in [1.807, 2.05) is 37.5 Å². The van der Waals surface area contributed by atoms with Gasteiger partial charge in [0, 0.05) is 24.5 Å². The number of fused-ring (bicyclic) bond motifs is 1. The number of hydrogen-bond donors (Lipinski definition) is 2. The van der Waals surface area contributed by atoms with Crippen LogP contribution in [-0.2, 0) is 7.05 Å². The maximum atomic E-state index is 12.9. The first kappa shape index (κ1) is 17.4. The van der Waals surface area contributed by atoms with Gasteiger partial charge in [0.15, 0.2) is 0 Å². The van der Waals surface area contributed by atoms with Gasteiger partial charge in [-0.15, -0.1) is 0 Å². The third-order valence-electron chi connectivity index (χ3n) is 4.15. The number of carbonyl (C=O) groups is 1. The lowest BCUT2D eigenvalue weighted by molar-refractivity contribution is 0.246. The minimum Gasteiger partial charge on any atom is -0.363 e. The van der Waals surface area contributed by atoms with Crippen molar-refractivity contribution in [3.63, 3.8) is 0 Å². The highest BCUT2D eigenvalue weighted by Gasteiger charge is 2.14. The van der Waals surface area contributed by atoms with Crippen molar-refractivity contribution in [2.75, 3.05) is 0 Å². The number of hydrogen-bond acceptors (Lipinski definition) is 3. The van der Waals surface area contributed by atoms with Crippen molar-refractivity contribution in [3.8, 4) is 11.8 Å². The van der Waals surface area contributed by atoms with Gasteiger partial charge in [0.05, 0.1) is 23.2 Å². The van der Waals surface area contributed by atoms with Gasteiger partial charge in [-0.05, 0) is 24.4 Å². The van der Waals surface area contributed by atoms with Crippen molar-refractivity contribution in [2.24, 2.45) is 12.8 Å². The lowest BCUT2D eigenvalue weighted by atomic mass is 10.0. The van der Waals surface area contributed by atoms with Gasteiger partial charge in [-0.3, -0.25) is 9.48 Å². The molecule has 0 saturated carbocycles. The fourth-order valence-corrected chi connectivity index (χ4v) is 2.90. The number of aryl methyl sites for hydroxylation is 1. The van der Waals surface area contributed by atoms with E-state index in [1.165, 1.54) is 4.48 Å². The van der Waals surface area contributed by atoms with Crippen LogP contribution >= 0.6 is 0 Å². The molecule has 3 aromatic rings. The largest absolute Gasteiger partial charge is 0.363 e. The Bertz CT molecular complexity index is 1120. The molecule has 2 heterocycles. The van der Waals surface area contributed by atoms with E-state index < -0.39 is 6.03 Å². The minimum absolute atomic E-state index is 0.174. The van der Waals surface area contributed by atoms with E-state index >= 15 is 0 Å². The second-order valence-electron chi connectivity index (χ2n) is 6.09. The van der Waals surface area contributed by atoms with E-state index in [2.05, 4.69) is 22.3 Å².